The van der Waals surface area contributed by atoms with Gasteiger partial charge in [0.15, 0.2) is 0 Å². The number of hydrogen-bond acceptors (Lipinski definition) is 4. The molecule has 0 spiro atoms. The Morgan fingerprint density at radius 2 is 2.46 bits per heavy atom. The number of hydrogen-bond donors (Lipinski definition) is 1. The minimum atomic E-state index is 0.0963. The summed E-state index contributed by atoms with van der Waals surface area (Å²) < 4.78 is 5.03. The molecular formula is C9H9NO2S. The molecule has 2 aromatic rings. The molecule has 3 nitrogen and oxygen atoms in total. The van der Waals surface area contributed by atoms with Crippen molar-refractivity contribution in [1.82, 2.24) is 5.16 Å². The highest BCUT2D eigenvalue weighted by atomic mass is 32.1. The summed E-state index contributed by atoms with van der Waals surface area (Å²) in [7, 11) is 0. The Bertz CT molecular complexity index is 367. The maximum atomic E-state index is 8.67. The van der Waals surface area contributed by atoms with E-state index in [1.54, 1.807) is 11.3 Å². The van der Waals surface area contributed by atoms with E-state index in [2.05, 4.69) is 5.16 Å². The molecular weight excluding hydrogens is 186 g/mol. The number of thiophene rings is 1. The van der Waals surface area contributed by atoms with Gasteiger partial charge in [0, 0.05) is 12.5 Å². The van der Waals surface area contributed by atoms with Gasteiger partial charge in [-0.15, -0.1) is 11.3 Å². The minimum absolute atomic E-state index is 0.0963. The zero-order valence-corrected chi connectivity index (χ0v) is 7.75. The van der Waals surface area contributed by atoms with Gasteiger partial charge in [-0.2, -0.15) is 0 Å². The molecule has 0 bridgehead atoms. The van der Waals surface area contributed by atoms with Crippen molar-refractivity contribution >= 4 is 11.3 Å². The van der Waals surface area contributed by atoms with Crippen LogP contribution < -0.4 is 0 Å². The largest absolute Gasteiger partial charge is 0.396 e. The summed E-state index contributed by atoms with van der Waals surface area (Å²) in [5, 5.41) is 14.6. The van der Waals surface area contributed by atoms with Gasteiger partial charge in [-0.3, -0.25) is 0 Å². The van der Waals surface area contributed by atoms with Crippen molar-refractivity contribution < 1.29 is 9.63 Å². The van der Waals surface area contributed by atoms with E-state index in [-0.39, 0.29) is 6.61 Å². The first kappa shape index (κ1) is 8.47. The second-order valence-corrected chi connectivity index (χ2v) is 3.58. The predicted octanol–water partition coefficient (Wildman–Crippen LogP) is 1.94. The van der Waals surface area contributed by atoms with Gasteiger partial charge in [0.05, 0.1) is 11.5 Å². The van der Waals surface area contributed by atoms with E-state index >= 15 is 0 Å². The zero-order chi connectivity index (χ0) is 9.10. The first-order valence-corrected chi connectivity index (χ1v) is 4.88. The number of aliphatic hydroxyl groups excluding tert-OH is 1. The molecule has 0 aliphatic rings. The highest BCUT2D eigenvalue weighted by Gasteiger charge is 2.05. The number of aliphatic hydroxyl groups is 1. The molecule has 13 heavy (non-hydrogen) atoms. The lowest BCUT2D eigenvalue weighted by molar-refractivity contribution is 0.277. The third-order valence-electron chi connectivity index (χ3n) is 1.69. The van der Waals surface area contributed by atoms with E-state index in [9.17, 15) is 0 Å². The Kier molecular flexibility index (Phi) is 2.42. The predicted molar refractivity (Wildman–Crippen MR) is 50.6 cm³/mol. The van der Waals surface area contributed by atoms with Crippen molar-refractivity contribution in [3.05, 3.63) is 29.3 Å². The van der Waals surface area contributed by atoms with E-state index in [4.69, 9.17) is 9.63 Å². The van der Waals surface area contributed by atoms with E-state index < -0.39 is 0 Å². The van der Waals surface area contributed by atoms with Gasteiger partial charge < -0.3 is 9.63 Å². The molecule has 1 N–H and O–H groups in total. The lowest BCUT2D eigenvalue weighted by Gasteiger charge is -1.84. The molecule has 0 aliphatic carbocycles. The van der Waals surface area contributed by atoms with Crippen molar-refractivity contribution in [1.29, 1.82) is 0 Å². The van der Waals surface area contributed by atoms with E-state index in [1.165, 1.54) is 0 Å². The molecule has 0 saturated carbocycles. The van der Waals surface area contributed by atoms with Gasteiger partial charge in [0.25, 0.3) is 0 Å². The molecule has 2 aromatic heterocycles. The average molecular weight is 195 g/mol. The number of nitrogens with zero attached hydrogens (tertiary/aromatic N) is 1. The molecule has 2 rings (SSSR count). The Labute approximate surface area is 79.6 Å². The second kappa shape index (κ2) is 3.72. The number of aromatic nitrogens is 1. The normalized spacial score (nSPS) is 10.5. The van der Waals surface area contributed by atoms with Crippen molar-refractivity contribution in [2.45, 2.75) is 6.42 Å². The minimum Gasteiger partial charge on any atom is -0.396 e. The van der Waals surface area contributed by atoms with Crippen molar-refractivity contribution in [2.24, 2.45) is 0 Å². The van der Waals surface area contributed by atoms with Gasteiger partial charge in [0.2, 0.25) is 0 Å². The van der Waals surface area contributed by atoms with Crippen LogP contribution in [0, 0.1) is 0 Å². The second-order valence-electron chi connectivity index (χ2n) is 2.63. The van der Waals surface area contributed by atoms with Gasteiger partial charge >= 0.3 is 0 Å². The molecule has 0 saturated heterocycles. The Balaban J connectivity index is 2.23. The molecule has 0 unspecified atom stereocenters. The first-order valence-electron chi connectivity index (χ1n) is 4.00. The van der Waals surface area contributed by atoms with Crippen molar-refractivity contribution in [3.8, 4) is 10.6 Å². The zero-order valence-electron chi connectivity index (χ0n) is 6.93. The molecule has 2 heterocycles. The lowest BCUT2D eigenvalue weighted by atomic mass is 10.3. The smallest absolute Gasteiger partial charge is 0.139 e. The summed E-state index contributed by atoms with van der Waals surface area (Å²) in [6.07, 6.45) is 0.526. The van der Waals surface area contributed by atoms with Gasteiger partial charge in [0.1, 0.15) is 11.5 Å². The molecule has 0 aliphatic heterocycles. The fourth-order valence-electron chi connectivity index (χ4n) is 1.08. The molecule has 0 aromatic carbocycles. The van der Waals surface area contributed by atoms with Crippen LogP contribution in [0.2, 0.25) is 0 Å². The summed E-state index contributed by atoms with van der Waals surface area (Å²) >= 11 is 1.62. The van der Waals surface area contributed by atoms with E-state index in [0.717, 1.165) is 16.3 Å². The van der Waals surface area contributed by atoms with Crippen molar-refractivity contribution in [3.63, 3.8) is 0 Å². The van der Waals surface area contributed by atoms with Crippen LogP contribution in [0.1, 0.15) is 5.76 Å². The SMILES string of the molecule is OCCc1cc(-c2cccs2)no1. The van der Waals surface area contributed by atoms with Crippen LogP contribution in [0.25, 0.3) is 10.6 Å². The summed E-state index contributed by atoms with van der Waals surface area (Å²) in [6.45, 7) is 0.0963. The van der Waals surface area contributed by atoms with Crippen LogP contribution in [0.3, 0.4) is 0 Å². The summed E-state index contributed by atoms with van der Waals surface area (Å²) in [5.74, 6) is 0.728. The molecule has 0 atom stereocenters. The maximum Gasteiger partial charge on any atom is 0.139 e. The first-order chi connectivity index (χ1) is 6.40. The molecule has 4 heteroatoms. The Morgan fingerprint density at radius 3 is 3.15 bits per heavy atom. The van der Waals surface area contributed by atoms with Crippen LogP contribution in [0.15, 0.2) is 28.1 Å². The standard InChI is InChI=1S/C9H9NO2S/c11-4-3-7-6-8(10-12-7)9-2-1-5-13-9/h1-2,5-6,11H,3-4H2. The highest BCUT2D eigenvalue weighted by Crippen LogP contribution is 2.23. The fourth-order valence-corrected chi connectivity index (χ4v) is 1.76. The molecule has 0 radical (unpaired) electrons. The topological polar surface area (TPSA) is 46.3 Å². The van der Waals surface area contributed by atoms with E-state index in [1.807, 2.05) is 23.6 Å². The van der Waals surface area contributed by atoms with Gasteiger partial charge in [-0.1, -0.05) is 11.2 Å². The molecule has 68 valence electrons. The van der Waals surface area contributed by atoms with Crippen molar-refractivity contribution in [2.75, 3.05) is 6.61 Å². The van der Waals surface area contributed by atoms with E-state index in [0.29, 0.717) is 6.42 Å². The lowest BCUT2D eigenvalue weighted by Crippen LogP contribution is -1.86. The van der Waals surface area contributed by atoms with Gasteiger partial charge in [-0.25, -0.2) is 0 Å². The van der Waals surface area contributed by atoms with Crippen LogP contribution in [-0.2, 0) is 6.42 Å². The van der Waals surface area contributed by atoms with Crippen LogP contribution in [-0.4, -0.2) is 16.9 Å². The number of rotatable bonds is 3. The quantitative estimate of drug-likeness (QED) is 0.814. The fraction of sp³-hybridized carbons (Fsp3) is 0.222. The Hall–Kier alpha value is -1.13. The average Bonchev–Trinajstić information content (AvgIpc) is 2.70. The summed E-state index contributed by atoms with van der Waals surface area (Å²) in [5.41, 5.74) is 0.846. The third-order valence-corrected chi connectivity index (χ3v) is 2.58. The maximum absolute atomic E-state index is 8.67. The van der Waals surface area contributed by atoms with Crippen LogP contribution >= 0.6 is 11.3 Å². The van der Waals surface area contributed by atoms with Crippen LogP contribution in [0.5, 0.6) is 0 Å². The Morgan fingerprint density at radius 1 is 1.54 bits per heavy atom. The van der Waals surface area contributed by atoms with Crippen LogP contribution in [0.4, 0.5) is 0 Å². The third kappa shape index (κ3) is 1.79. The monoisotopic (exact) mass is 195 g/mol. The molecule has 0 fully saturated rings. The van der Waals surface area contributed by atoms with Gasteiger partial charge in [-0.05, 0) is 11.4 Å². The molecule has 0 amide bonds. The summed E-state index contributed by atoms with van der Waals surface area (Å²) in [6, 6.07) is 5.83. The summed E-state index contributed by atoms with van der Waals surface area (Å²) in [4.78, 5) is 1.09. The highest BCUT2D eigenvalue weighted by molar-refractivity contribution is 7.13.